The zero-order chi connectivity index (χ0) is 17.0. The number of nitrogens with one attached hydrogen (secondary N) is 1. The van der Waals surface area contributed by atoms with E-state index in [1.807, 2.05) is 19.4 Å². The van der Waals surface area contributed by atoms with E-state index in [1.165, 1.54) is 18.5 Å². The van der Waals surface area contributed by atoms with Crippen LogP contribution in [0.4, 0.5) is 19.0 Å². The third-order valence-electron chi connectivity index (χ3n) is 2.98. The summed E-state index contributed by atoms with van der Waals surface area (Å²) >= 11 is 0. The number of carbonyl (C=O) groups excluding carboxylic acids is 1. The molecule has 1 N–H and O–H groups in total. The zero-order valence-corrected chi connectivity index (χ0v) is 12.6. The van der Waals surface area contributed by atoms with E-state index in [-0.39, 0.29) is 5.56 Å². The van der Waals surface area contributed by atoms with E-state index in [2.05, 4.69) is 9.97 Å². The Bertz CT molecular complexity index is 701. The maximum atomic E-state index is 12.2. The summed E-state index contributed by atoms with van der Waals surface area (Å²) in [7, 11) is 3.65. The first-order valence-corrected chi connectivity index (χ1v) is 6.71. The molecular formula is C15H15F3N4O. The molecule has 0 atom stereocenters. The molecule has 1 heterocycles. The van der Waals surface area contributed by atoms with Crippen LogP contribution in [0.5, 0.6) is 0 Å². The van der Waals surface area contributed by atoms with Crippen LogP contribution in [-0.4, -0.2) is 42.7 Å². The van der Waals surface area contributed by atoms with Crippen LogP contribution in [0.3, 0.4) is 0 Å². The van der Waals surface area contributed by atoms with Crippen LogP contribution in [0.25, 0.3) is 11.3 Å². The molecule has 0 unspecified atom stereocenters. The lowest BCUT2D eigenvalue weighted by molar-refractivity contribution is -0.123. The van der Waals surface area contributed by atoms with Crippen molar-refractivity contribution in [3.8, 4) is 11.3 Å². The quantitative estimate of drug-likeness (QED) is 0.939. The molecule has 1 aromatic heterocycles. The van der Waals surface area contributed by atoms with Crippen molar-refractivity contribution in [2.75, 3.05) is 25.5 Å². The number of alkyl halides is 3. The van der Waals surface area contributed by atoms with Gasteiger partial charge in [-0.3, -0.25) is 4.79 Å². The number of benzene rings is 1. The SMILES string of the molecule is CN(C)c1cc(-c2cccc(C(=O)NCC(F)(F)F)c2)ncn1. The summed E-state index contributed by atoms with van der Waals surface area (Å²) in [5.74, 6) is -0.104. The Balaban J connectivity index is 2.23. The number of rotatable bonds is 4. The fourth-order valence-corrected chi connectivity index (χ4v) is 1.85. The van der Waals surface area contributed by atoms with E-state index < -0.39 is 18.6 Å². The molecule has 0 bridgehead atoms. The van der Waals surface area contributed by atoms with Crippen LogP contribution in [0, 0.1) is 0 Å². The second-order valence-corrected chi connectivity index (χ2v) is 5.03. The predicted octanol–water partition coefficient (Wildman–Crippen LogP) is 2.50. The van der Waals surface area contributed by atoms with E-state index in [9.17, 15) is 18.0 Å². The monoisotopic (exact) mass is 324 g/mol. The number of nitrogens with zero attached hydrogens (tertiary/aromatic N) is 3. The highest BCUT2D eigenvalue weighted by Gasteiger charge is 2.27. The number of halogens is 3. The van der Waals surface area contributed by atoms with Crippen molar-refractivity contribution in [2.45, 2.75) is 6.18 Å². The summed E-state index contributed by atoms with van der Waals surface area (Å²) in [6.07, 6.45) is -3.05. The van der Waals surface area contributed by atoms with Gasteiger partial charge in [0.05, 0.1) is 5.69 Å². The molecule has 0 aliphatic heterocycles. The molecule has 5 nitrogen and oxygen atoms in total. The maximum Gasteiger partial charge on any atom is 0.405 e. The molecule has 0 radical (unpaired) electrons. The molecule has 0 spiro atoms. The Morgan fingerprint density at radius 3 is 2.61 bits per heavy atom. The highest BCUT2D eigenvalue weighted by Crippen LogP contribution is 2.21. The molecule has 2 aromatic rings. The molecule has 0 fully saturated rings. The van der Waals surface area contributed by atoms with Crippen molar-refractivity contribution in [1.82, 2.24) is 15.3 Å². The van der Waals surface area contributed by atoms with Gasteiger partial charge in [-0.2, -0.15) is 13.2 Å². The minimum Gasteiger partial charge on any atom is -0.363 e. The third kappa shape index (κ3) is 4.67. The molecule has 23 heavy (non-hydrogen) atoms. The molecule has 2 rings (SSSR count). The van der Waals surface area contributed by atoms with Gasteiger partial charge in [0.2, 0.25) is 0 Å². The number of hydrogen-bond acceptors (Lipinski definition) is 4. The molecule has 0 aliphatic carbocycles. The van der Waals surface area contributed by atoms with Crippen LogP contribution >= 0.6 is 0 Å². The van der Waals surface area contributed by atoms with Gasteiger partial charge < -0.3 is 10.2 Å². The molecule has 8 heteroatoms. The van der Waals surface area contributed by atoms with Crippen LogP contribution in [0.2, 0.25) is 0 Å². The maximum absolute atomic E-state index is 12.2. The number of amides is 1. The number of hydrogen-bond donors (Lipinski definition) is 1. The fraction of sp³-hybridized carbons (Fsp3) is 0.267. The summed E-state index contributed by atoms with van der Waals surface area (Å²) in [5.41, 5.74) is 1.33. The van der Waals surface area contributed by atoms with Gasteiger partial charge in [-0.1, -0.05) is 12.1 Å². The average molecular weight is 324 g/mol. The lowest BCUT2D eigenvalue weighted by atomic mass is 10.1. The molecule has 0 saturated carbocycles. The number of aromatic nitrogens is 2. The molecule has 1 amide bonds. The minimum atomic E-state index is -4.44. The van der Waals surface area contributed by atoms with Gasteiger partial charge in [-0.15, -0.1) is 0 Å². The summed E-state index contributed by atoms with van der Waals surface area (Å²) in [5, 5.41) is 1.84. The average Bonchev–Trinajstić information content (AvgIpc) is 2.52. The van der Waals surface area contributed by atoms with Crippen LogP contribution < -0.4 is 10.2 Å². The first-order chi connectivity index (χ1) is 10.8. The van der Waals surface area contributed by atoms with Crippen molar-refractivity contribution >= 4 is 11.7 Å². The first-order valence-electron chi connectivity index (χ1n) is 6.71. The van der Waals surface area contributed by atoms with Crippen molar-refractivity contribution < 1.29 is 18.0 Å². The molecule has 0 saturated heterocycles. The Labute approximate surface area is 131 Å². The third-order valence-corrected chi connectivity index (χ3v) is 2.98. The van der Waals surface area contributed by atoms with Crippen molar-refractivity contribution in [2.24, 2.45) is 0 Å². The Morgan fingerprint density at radius 1 is 1.22 bits per heavy atom. The minimum absolute atomic E-state index is 0.136. The number of anilines is 1. The van der Waals surface area contributed by atoms with Gasteiger partial charge in [0.1, 0.15) is 18.7 Å². The van der Waals surface area contributed by atoms with E-state index in [0.29, 0.717) is 17.1 Å². The second kappa shape index (κ2) is 6.64. The highest BCUT2D eigenvalue weighted by atomic mass is 19.4. The van der Waals surface area contributed by atoms with Gasteiger partial charge in [0, 0.05) is 31.3 Å². The van der Waals surface area contributed by atoms with Crippen LogP contribution in [-0.2, 0) is 0 Å². The molecule has 0 aliphatic rings. The predicted molar refractivity (Wildman–Crippen MR) is 80.2 cm³/mol. The lowest BCUT2D eigenvalue weighted by Crippen LogP contribution is -2.33. The van der Waals surface area contributed by atoms with E-state index >= 15 is 0 Å². The van der Waals surface area contributed by atoms with Crippen LogP contribution in [0.15, 0.2) is 36.7 Å². The standard InChI is InChI=1S/C15H15F3N4O/c1-22(2)13-7-12(20-9-21-13)10-4-3-5-11(6-10)14(23)19-8-15(16,17)18/h3-7,9H,8H2,1-2H3,(H,19,23). The molecular weight excluding hydrogens is 309 g/mol. The Kier molecular flexibility index (Phi) is 4.83. The summed E-state index contributed by atoms with van der Waals surface area (Å²) in [6.45, 7) is -1.37. The van der Waals surface area contributed by atoms with E-state index in [4.69, 9.17) is 0 Å². The first kappa shape index (κ1) is 16.7. The van der Waals surface area contributed by atoms with Crippen molar-refractivity contribution in [3.63, 3.8) is 0 Å². The van der Waals surface area contributed by atoms with Gasteiger partial charge in [0.25, 0.3) is 5.91 Å². The highest BCUT2D eigenvalue weighted by molar-refractivity contribution is 5.95. The Morgan fingerprint density at radius 2 is 1.96 bits per heavy atom. The molecule has 122 valence electrons. The van der Waals surface area contributed by atoms with Crippen molar-refractivity contribution in [3.05, 3.63) is 42.2 Å². The largest absolute Gasteiger partial charge is 0.405 e. The van der Waals surface area contributed by atoms with Gasteiger partial charge in [0.15, 0.2) is 0 Å². The number of carbonyl (C=O) groups is 1. The summed E-state index contributed by atoms with van der Waals surface area (Å²) < 4.78 is 36.5. The normalized spacial score (nSPS) is 11.2. The molecule has 1 aromatic carbocycles. The summed E-state index contributed by atoms with van der Waals surface area (Å²) in [6, 6.07) is 7.99. The smallest absolute Gasteiger partial charge is 0.363 e. The lowest BCUT2D eigenvalue weighted by Gasteiger charge is -2.12. The zero-order valence-electron chi connectivity index (χ0n) is 12.6. The van der Waals surface area contributed by atoms with E-state index in [0.717, 1.165) is 0 Å². The Hall–Kier alpha value is -2.64. The van der Waals surface area contributed by atoms with Crippen LogP contribution in [0.1, 0.15) is 10.4 Å². The van der Waals surface area contributed by atoms with Gasteiger partial charge in [-0.25, -0.2) is 9.97 Å². The van der Waals surface area contributed by atoms with Gasteiger partial charge in [-0.05, 0) is 12.1 Å². The second-order valence-electron chi connectivity index (χ2n) is 5.03. The van der Waals surface area contributed by atoms with Gasteiger partial charge >= 0.3 is 6.18 Å². The fourth-order valence-electron chi connectivity index (χ4n) is 1.85. The van der Waals surface area contributed by atoms with E-state index in [1.54, 1.807) is 23.1 Å². The van der Waals surface area contributed by atoms with Crippen molar-refractivity contribution in [1.29, 1.82) is 0 Å². The topological polar surface area (TPSA) is 58.1 Å². The summed E-state index contributed by atoms with van der Waals surface area (Å²) in [4.78, 5) is 21.8.